The summed E-state index contributed by atoms with van der Waals surface area (Å²) >= 11 is 0. The van der Waals surface area contributed by atoms with Crippen molar-refractivity contribution >= 4 is 5.91 Å². The molecule has 20 heavy (non-hydrogen) atoms. The predicted molar refractivity (Wildman–Crippen MR) is 75.8 cm³/mol. The summed E-state index contributed by atoms with van der Waals surface area (Å²) in [4.78, 5) is 13.7. The molecule has 0 bridgehead atoms. The second-order valence-electron chi connectivity index (χ2n) is 5.71. The zero-order valence-corrected chi connectivity index (χ0v) is 11.7. The van der Waals surface area contributed by atoms with Gasteiger partial charge in [0, 0.05) is 13.1 Å². The van der Waals surface area contributed by atoms with Crippen LogP contribution in [0.1, 0.15) is 30.4 Å². The fraction of sp³-hybridized carbons (Fsp3) is 0.562. The van der Waals surface area contributed by atoms with Gasteiger partial charge >= 0.3 is 0 Å². The second kappa shape index (κ2) is 5.83. The average Bonchev–Trinajstić information content (AvgIpc) is 2.92. The van der Waals surface area contributed by atoms with Crippen molar-refractivity contribution in [3.63, 3.8) is 0 Å². The average molecular weight is 275 g/mol. The first-order valence-corrected chi connectivity index (χ1v) is 7.43. The van der Waals surface area contributed by atoms with Crippen molar-refractivity contribution < 1.29 is 14.6 Å². The van der Waals surface area contributed by atoms with Crippen molar-refractivity contribution in [1.29, 1.82) is 0 Å². The predicted octanol–water partition coefficient (Wildman–Crippen LogP) is 1.54. The Kier molecular flexibility index (Phi) is 3.92. The molecular formula is C16H21NO3. The Hall–Kier alpha value is -1.55. The highest BCUT2D eigenvalue weighted by molar-refractivity contribution is 5.77. The molecule has 3 rings (SSSR count). The van der Waals surface area contributed by atoms with Gasteiger partial charge < -0.3 is 14.7 Å². The number of nitrogens with zero attached hydrogens (tertiary/aromatic N) is 1. The molecule has 1 aliphatic carbocycles. The van der Waals surface area contributed by atoms with Gasteiger partial charge in [0.25, 0.3) is 5.91 Å². The van der Waals surface area contributed by atoms with Crippen LogP contribution in [0.4, 0.5) is 0 Å². The fourth-order valence-electron chi connectivity index (χ4n) is 3.06. The van der Waals surface area contributed by atoms with Gasteiger partial charge in [0.15, 0.2) is 6.61 Å². The van der Waals surface area contributed by atoms with E-state index in [0.717, 1.165) is 38.0 Å². The van der Waals surface area contributed by atoms with E-state index >= 15 is 0 Å². The quantitative estimate of drug-likeness (QED) is 0.910. The Labute approximate surface area is 119 Å². The van der Waals surface area contributed by atoms with Gasteiger partial charge in [0.2, 0.25) is 0 Å². The van der Waals surface area contributed by atoms with Gasteiger partial charge in [-0.25, -0.2) is 0 Å². The number of fused-ring (bicyclic) bond motifs is 1. The first-order valence-electron chi connectivity index (χ1n) is 7.43. The number of piperidine rings is 1. The molecule has 1 heterocycles. The summed E-state index contributed by atoms with van der Waals surface area (Å²) in [6.45, 7) is 1.22. The molecule has 1 fully saturated rings. The number of carbonyl (C=O) groups excluding carboxylic acids is 1. The van der Waals surface area contributed by atoms with Gasteiger partial charge in [-0.1, -0.05) is 6.07 Å². The number of rotatable bonds is 3. The van der Waals surface area contributed by atoms with Crippen molar-refractivity contribution in [2.75, 3.05) is 19.7 Å². The van der Waals surface area contributed by atoms with Crippen LogP contribution in [0.15, 0.2) is 18.2 Å². The van der Waals surface area contributed by atoms with Gasteiger partial charge in [-0.05, 0) is 55.4 Å². The van der Waals surface area contributed by atoms with Gasteiger partial charge in [0.1, 0.15) is 5.75 Å². The SMILES string of the molecule is O=C(COc1ccc2c(c1)CCC2)N1CCC[C@H](O)C1. The monoisotopic (exact) mass is 275 g/mol. The number of benzene rings is 1. The number of hydrogen-bond acceptors (Lipinski definition) is 3. The smallest absolute Gasteiger partial charge is 0.260 e. The van der Waals surface area contributed by atoms with Gasteiger partial charge in [0.05, 0.1) is 6.10 Å². The third kappa shape index (κ3) is 2.96. The van der Waals surface area contributed by atoms with E-state index in [4.69, 9.17) is 4.74 Å². The molecular weight excluding hydrogens is 254 g/mol. The van der Waals surface area contributed by atoms with E-state index in [0.29, 0.717) is 6.54 Å². The normalized spacial score (nSPS) is 21.6. The summed E-state index contributed by atoms with van der Waals surface area (Å²) < 4.78 is 5.61. The number of β-amino-alcohol motifs (C(OH)–C–C–N with tert-alkyl or cyclic N) is 1. The van der Waals surface area contributed by atoms with Crippen molar-refractivity contribution in [1.82, 2.24) is 4.90 Å². The molecule has 1 aromatic rings. The number of aliphatic hydroxyl groups is 1. The maximum absolute atomic E-state index is 12.0. The molecule has 108 valence electrons. The Balaban J connectivity index is 1.55. The van der Waals surface area contributed by atoms with Crippen molar-refractivity contribution in [3.8, 4) is 5.75 Å². The summed E-state index contributed by atoms with van der Waals surface area (Å²) in [6.07, 6.45) is 4.75. The molecule has 2 aliphatic rings. The van der Waals surface area contributed by atoms with Gasteiger partial charge in [-0.15, -0.1) is 0 Å². The van der Waals surface area contributed by atoms with E-state index in [1.807, 2.05) is 6.07 Å². The molecule has 4 nitrogen and oxygen atoms in total. The minimum Gasteiger partial charge on any atom is -0.484 e. The summed E-state index contributed by atoms with van der Waals surface area (Å²) in [6, 6.07) is 6.11. The van der Waals surface area contributed by atoms with Gasteiger partial charge in [-0.3, -0.25) is 4.79 Å². The molecule has 0 aromatic heterocycles. The lowest BCUT2D eigenvalue weighted by Gasteiger charge is -2.30. The molecule has 0 unspecified atom stereocenters. The van der Waals surface area contributed by atoms with Crippen LogP contribution in [0.2, 0.25) is 0 Å². The summed E-state index contributed by atoms with van der Waals surface area (Å²) in [7, 11) is 0. The third-order valence-corrected chi connectivity index (χ3v) is 4.18. The Bertz CT molecular complexity index is 500. The summed E-state index contributed by atoms with van der Waals surface area (Å²) in [5, 5.41) is 9.58. The first-order chi connectivity index (χ1) is 9.72. The molecule has 1 aliphatic heterocycles. The zero-order valence-electron chi connectivity index (χ0n) is 11.7. The molecule has 1 atom stereocenters. The highest BCUT2D eigenvalue weighted by Crippen LogP contribution is 2.26. The third-order valence-electron chi connectivity index (χ3n) is 4.18. The molecule has 1 amide bonds. The topological polar surface area (TPSA) is 49.8 Å². The minimum absolute atomic E-state index is 0.0377. The molecule has 1 aromatic carbocycles. The molecule has 0 saturated carbocycles. The van der Waals surface area contributed by atoms with Crippen LogP contribution in [-0.2, 0) is 17.6 Å². The maximum atomic E-state index is 12.0. The number of carbonyl (C=O) groups is 1. The van der Waals surface area contributed by atoms with Crippen molar-refractivity contribution in [2.24, 2.45) is 0 Å². The maximum Gasteiger partial charge on any atom is 0.260 e. The molecule has 1 saturated heterocycles. The van der Waals surface area contributed by atoms with Gasteiger partial charge in [-0.2, -0.15) is 0 Å². The van der Waals surface area contributed by atoms with E-state index in [-0.39, 0.29) is 18.6 Å². The molecule has 0 radical (unpaired) electrons. The first kappa shape index (κ1) is 13.4. The Morgan fingerprint density at radius 2 is 2.15 bits per heavy atom. The van der Waals surface area contributed by atoms with Crippen LogP contribution in [0.3, 0.4) is 0 Å². The number of hydrogen-bond donors (Lipinski definition) is 1. The Morgan fingerprint density at radius 1 is 1.30 bits per heavy atom. The highest BCUT2D eigenvalue weighted by Gasteiger charge is 2.22. The van der Waals surface area contributed by atoms with Crippen LogP contribution in [0.5, 0.6) is 5.75 Å². The summed E-state index contributed by atoms with van der Waals surface area (Å²) in [5.41, 5.74) is 2.76. The lowest BCUT2D eigenvalue weighted by atomic mass is 10.1. The van der Waals surface area contributed by atoms with Crippen molar-refractivity contribution in [2.45, 2.75) is 38.2 Å². The second-order valence-corrected chi connectivity index (χ2v) is 5.71. The lowest BCUT2D eigenvalue weighted by molar-refractivity contribution is -0.136. The van der Waals surface area contributed by atoms with Crippen LogP contribution < -0.4 is 4.74 Å². The number of aliphatic hydroxyl groups excluding tert-OH is 1. The van der Waals surface area contributed by atoms with Crippen molar-refractivity contribution in [3.05, 3.63) is 29.3 Å². The standard InChI is InChI=1S/C16H21NO3/c18-14-5-2-8-17(10-14)16(19)11-20-15-7-6-12-3-1-4-13(12)9-15/h6-7,9,14,18H,1-5,8,10-11H2/t14-/m0/s1. The fourth-order valence-corrected chi connectivity index (χ4v) is 3.06. The van der Waals surface area contributed by atoms with E-state index < -0.39 is 0 Å². The highest BCUT2D eigenvalue weighted by atomic mass is 16.5. The van der Waals surface area contributed by atoms with E-state index in [1.54, 1.807) is 4.90 Å². The number of amides is 1. The number of likely N-dealkylation sites (tertiary alicyclic amines) is 1. The number of ether oxygens (including phenoxy) is 1. The Morgan fingerprint density at radius 3 is 3.00 bits per heavy atom. The van der Waals surface area contributed by atoms with Crippen LogP contribution >= 0.6 is 0 Å². The van der Waals surface area contributed by atoms with E-state index in [9.17, 15) is 9.90 Å². The molecule has 4 heteroatoms. The minimum atomic E-state index is -0.382. The summed E-state index contributed by atoms with van der Waals surface area (Å²) in [5.74, 6) is 0.737. The zero-order chi connectivity index (χ0) is 13.9. The largest absolute Gasteiger partial charge is 0.484 e. The molecule has 1 N–H and O–H groups in total. The lowest BCUT2D eigenvalue weighted by Crippen LogP contribution is -2.44. The van der Waals surface area contributed by atoms with Crippen LogP contribution in [0.25, 0.3) is 0 Å². The van der Waals surface area contributed by atoms with E-state index in [1.165, 1.54) is 17.5 Å². The van der Waals surface area contributed by atoms with Crippen LogP contribution in [0, 0.1) is 0 Å². The molecule has 0 spiro atoms. The van der Waals surface area contributed by atoms with E-state index in [2.05, 4.69) is 12.1 Å². The number of aryl methyl sites for hydroxylation is 2. The van der Waals surface area contributed by atoms with Crippen LogP contribution in [-0.4, -0.2) is 41.7 Å².